The molecule has 0 spiro atoms. The van der Waals surface area contributed by atoms with Gasteiger partial charge in [-0.1, -0.05) is 56.3 Å². The molecule has 1 saturated carbocycles. The monoisotopic (exact) mass is 610 g/mol. The normalized spacial score (nSPS) is 22.9. The number of ketones is 2. The van der Waals surface area contributed by atoms with E-state index in [1.807, 2.05) is 18.2 Å². The highest BCUT2D eigenvalue weighted by Crippen LogP contribution is 2.53. The van der Waals surface area contributed by atoms with Crippen LogP contribution in [0.3, 0.4) is 0 Å². The van der Waals surface area contributed by atoms with Crippen LogP contribution in [0.2, 0.25) is 0 Å². The number of carbonyl (C=O) groups excluding carboxylic acids is 3. The molecule has 0 bridgehead atoms. The number of rotatable bonds is 8. The number of carbonyl (C=O) groups is 3. The second-order valence-corrected chi connectivity index (χ2v) is 12.5. The molecule has 3 aliphatic carbocycles. The Balaban J connectivity index is 1.49. The summed E-state index contributed by atoms with van der Waals surface area (Å²) < 4.78 is 0. The Hall–Kier alpha value is -4.47. The number of aliphatic hydroxyl groups excluding tert-OH is 2. The minimum absolute atomic E-state index is 0.0857. The summed E-state index contributed by atoms with van der Waals surface area (Å²) in [6, 6.07) is 15.6. The van der Waals surface area contributed by atoms with E-state index in [1.165, 1.54) is 11.6 Å². The molecule has 45 heavy (non-hydrogen) atoms. The van der Waals surface area contributed by atoms with Crippen LogP contribution in [0.25, 0.3) is 27.7 Å². The van der Waals surface area contributed by atoms with Crippen molar-refractivity contribution < 1.29 is 34.8 Å². The van der Waals surface area contributed by atoms with Gasteiger partial charge in [0.05, 0.1) is 5.56 Å². The van der Waals surface area contributed by atoms with Crippen molar-refractivity contribution in [1.82, 2.24) is 4.90 Å². The van der Waals surface area contributed by atoms with Crippen LogP contribution in [0.5, 0.6) is 5.75 Å². The van der Waals surface area contributed by atoms with Crippen molar-refractivity contribution in [3.8, 4) is 16.9 Å². The van der Waals surface area contributed by atoms with E-state index in [2.05, 4.69) is 43.0 Å². The van der Waals surface area contributed by atoms with Gasteiger partial charge in [-0.25, -0.2) is 0 Å². The zero-order valence-corrected chi connectivity index (χ0v) is 25.5. The van der Waals surface area contributed by atoms with E-state index in [-0.39, 0.29) is 36.1 Å². The lowest BCUT2D eigenvalue weighted by molar-refractivity contribution is -0.147. The topological polar surface area (TPSA) is 161 Å². The van der Waals surface area contributed by atoms with Gasteiger partial charge in [-0.05, 0) is 83.8 Å². The minimum atomic E-state index is -2.59. The maximum atomic E-state index is 13.9. The zero-order chi connectivity index (χ0) is 32.2. The number of hydrogen-bond acceptors (Lipinski definition) is 8. The van der Waals surface area contributed by atoms with Gasteiger partial charge in [0, 0.05) is 24.5 Å². The van der Waals surface area contributed by atoms with Crippen molar-refractivity contribution in [3.05, 3.63) is 82.1 Å². The van der Waals surface area contributed by atoms with Gasteiger partial charge in [0.1, 0.15) is 22.8 Å². The van der Waals surface area contributed by atoms with E-state index < -0.39 is 52.0 Å². The van der Waals surface area contributed by atoms with Crippen LogP contribution in [-0.2, 0) is 27.3 Å². The Morgan fingerprint density at radius 1 is 0.933 bits per heavy atom. The first-order chi connectivity index (χ1) is 21.5. The molecule has 3 aromatic rings. The van der Waals surface area contributed by atoms with Crippen LogP contribution >= 0.6 is 0 Å². The lowest BCUT2D eigenvalue weighted by atomic mass is 9.59. The van der Waals surface area contributed by atoms with Gasteiger partial charge in [-0.2, -0.15) is 0 Å². The first-order valence-electron chi connectivity index (χ1n) is 15.6. The molecule has 9 nitrogen and oxygen atoms in total. The fourth-order valence-corrected chi connectivity index (χ4v) is 7.75. The van der Waals surface area contributed by atoms with Gasteiger partial charge >= 0.3 is 0 Å². The first-order valence-corrected chi connectivity index (χ1v) is 15.6. The number of primary amides is 1. The Kier molecular flexibility index (Phi) is 7.79. The lowest BCUT2D eigenvalue weighted by Crippen LogP contribution is -2.58. The van der Waals surface area contributed by atoms with Gasteiger partial charge in [-0.15, -0.1) is 0 Å². The van der Waals surface area contributed by atoms with Crippen LogP contribution in [-0.4, -0.2) is 61.5 Å². The number of aliphatic hydroxyl groups is 3. The highest BCUT2D eigenvalue weighted by atomic mass is 16.3. The van der Waals surface area contributed by atoms with Crippen LogP contribution in [0.1, 0.15) is 56.2 Å². The second-order valence-electron chi connectivity index (χ2n) is 12.5. The summed E-state index contributed by atoms with van der Waals surface area (Å²) in [7, 11) is 0. The summed E-state index contributed by atoms with van der Waals surface area (Å²) in [5.74, 6) is -6.39. The molecule has 0 unspecified atom stereocenters. The number of amides is 1. The molecule has 3 atom stereocenters. The maximum absolute atomic E-state index is 13.9. The molecule has 0 aromatic heterocycles. The predicted octanol–water partition coefficient (Wildman–Crippen LogP) is 4.87. The van der Waals surface area contributed by atoms with E-state index in [1.54, 1.807) is 0 Å². The smallest absolute Gasteiger partial charge is 0.255 e. The molecule has 1 amide bonds. The number of fused-ring (bicyclic) bond motifs is 4. The molecule has 6 N–H and O–H groups in total. The average Bonchev–Trinajstić information content (AvgIpc) is 2.99. The summed E-state index contributed by atoms with van der Waals surface area (Å²) in [5.41, 5.74) is 5.41. The van der Waals surface area contributed by atoms with Gasteiger partial charge in [0.2, 0.25) is 5.78 Å². The molecular weight excluding hydrogens is 572 g/mol. The molecule has 0 heterocycles. The predicted molar refractivity (Wildman–Crippen MR) is 170 cm³/mol. The largest absolute Gasteiger partial charge is 0.508 e. The number of phenolic OH excluding ortho intramolecular Hbond substituents is 1. The van der Waals surface area contributed by atoms with Crippen molar-refractivity contribution in [2.45, 2.75) is 58.1 Å². The number of nitrogens with zero attached hydrogens (tertiary/aromatic N) is 1. The van der Waals surface area contributed by atoms with Crippen molar-refractivity contribution in [1.29, 1.82) is 0 Å². The van der Waals surface area contributed by atoms with Crippen molar-refractivity contribution in [3.63, 3.8) is 0 Å². The molecular formula is C36H38N2O7. The number of benzene rings is 3. The van der Waals surface area contributed by atoms with Crippen LogP contribution < -0.4 is 5.73 Å². The second kappa shape index (κ2) is 11.5. The van der Waals surface area contributed by atoms with E-state index in [9.17, 15) is 34.8 Å². The van der Waals surface area contributed by atoms with Crippen LogP contribution in [0, 0.1) is 11.8 Å². The Morgan fingerprint density at radius 3 is 2.27 bits per heavy atom. The third-order valence-electron chi connectivity index (χ3n) is 9.73. The number of nitrogens with two attached hydrogens (primary N) is 1. The zero-order valence-electron chi connectivity index (χ0n) is 25.5. The number of aromatic hydroxyl groups is 1. The van der Waals surface area contributed by atoms with Crippen LogP contribution in [0.4, 0.5) is 0 Å². The van der Waals surface area contributed by atoms with E-state index in [4.69, 9.17) is 5.73 Å². The maximum Gasteiger partial charge on any atom is 0.255 e. The highest BCUT2D eigenvalue weighted by Gasteiger charge is 2.60. The molecule has 0 aliphatic heterocycles. The SMILES string of the molecule is CCCN(CCC)Cc1ccc(-c2ccc(O)c3c2C[C@H]2C[C@H]4CC(=O)C(C(N)=O)=C(O)[C@@]4(O)C(=O)C2=C3O)c2ccccc12. The molecule has 3 aliphatic rings. The molecule has 234 valence electrons. The lowest BCUT2D eigenvalue weighted by Gasteiger charge is -2.46. The Bertz CT molecular complexity index is 1820. The van der Waals surface area contributed by atoms with Crippen molar-refractivity contribution >= 4 is 34.0 Å². The third kappa shape index (κ3) is 4.73. The Morgan fingerprint density at radius 2 is 1.60 bits per heavy atom. The number of hydrogen-bond donors (Lipinski definition) is 5. The molecule has 6 rings (SSSR count). The number of phenols is 1. The van der Waals surface area contributed by atoms with E-state index in [0.29, 0.717) is 5.56 Å². The van der Waals surface area contributed by atoms with E-state index >= 15 is 0 Å². The summed E-state index contributed by atoms with van der Waals surface area (Å²) in [6.07, 6.45) is 2.10. The first kappa shape index (κ1) is 30.6. The number of Topliss-reactive ketones (excluding diaryl/α,β-unsaturated/α-hetero) is 2. The minimum Gasteiger partial charge on any atom is -0.508 e. The van der Waals surface area contributed by atoms with Gasteiger partial charge in [0.15, 0.2) is 11.4 Å². The van der Waals surface area contributed by atoms with Gasteiger partial charge < -0.3 is 26.2 Å². The molecule has 3 aromatic carbocycles. The average molecular weight is 611 g/mol. The van der Waals surface area contributed by atoms with Crippen LogP contribution in [0.15, 0.2) is 65.4 Å². The summed E-state index contributed by atoms with van der Waals surface area (Å²) in [5, 5.41) is 47.0. The quantitative estimate of drug-likeness (QED) is 0.226. The molecule has 0 saturated heterocycles. The van der Waals surface area contributed by atoms with E-state index in [0.717, 1.165) is 54.4 Å². The fourth-order valence-electron chi connectivity index (χ4n) is 7.75. The Labute approximate surface area is 261 Å². The standard InChI is InChI=1S/C36H38N2O7/c1-3-13-38(14-4-2)18-19-9-10-24(23-8-6-5-7-22(19)23)25-11-12-27(39)30-26(25)16-20-15-21-17-28(40)31(35(37)44)34(43)36(21,45)33(42)29(20)32(30)41/h5-12,20-21,39,41,43,45H,3-4,13-18H2,1-2H3,(H2,37,44)/t20-,21+,36+/m1/s1. The molecule has 1 fully saturated rings. The third-order valence-corrected chi connectivity index (χ3v) is 9.73. The summed E-state index contributed by atoms with van der Waals surface area (Å²) in [6.45, 7) is 7.18. The molecule has 0 radical (unpaired) electrons. The summed E-state index contributed by atoms with van der Waals surface area (Å²) in [4.78, 5) is 40.9. The van der Waals surface area contributed by atoms with Gasteiger partial charge in [-0.3, -0.25) is 19.3 Å². The van der Waals surface area contributed by atoms with Crippen molar-refractivity contribution in [2.24, 2.45) is 17.6 Å². The fraction of sp³-hybridized carbons (Fsp3) is 0.361. The highest BCUT2D eigenvalue weighted by molar-refractivity contribution is 6.22. The van der Waals surface area contributed by atoms with Gasteiger partial charge in [0.25, 0.3) is 5.91 Å². The summed E-state index contributed by atoms with van der Waals surface area (Å²) >= 11 is 0. The molecule has 9 heteroatoms. The van der Waals surface area contributed by atoms with Crippen molar-refractivity contribution in [2.75, 3.05) is 13.1 Å².